The summed E-state index contributed by atoms with van der Waals surface area (Å²) < 4.78 is 2.35. The maximum atomic E-state index is 7.65. The van der Waals surface area contributed by atoms with Crippen molar-refractivity contribution in [1.29, 1.82) is 0 Å². The van der Waals surface area contributed by atoms with E-state index >= 15 is 0 Å². The van der Waals surface area contributed by atoms with E-state index < -0.39 is 5.54 Å². The number of pyridine rings is 1. The lowest BCUT2D eigenvalue weighted by molar-refractivity contribution is -0.659. The summed E-state index contributed by atoms with van der Waals surface area (Å²) in [6.45, 7) is 25.8. The lowest BCUT2D eigenvalue weighted by atomic mass is 9.82. The molecule has 0 N–H and O–H groups in total. The zero-order valence-corrected chi connectivity index (χ0v) is 27.5. The number of aryl methyl sites for hydroxylation is 2. The molecule has 6 rings (SSSR count). The Morgan fingerprint density at radius 3 is 2.26 bits per heavy atom. The van der Waals surface area contributed by atoms with Crippen LogP contribution in [0.1, 0.15) is 70.7 Å². The van der Waals surface area contributed by atoms with Gasteiger partial charge in [-0.2, -0.15) is 0 Å². The molecule has 42 heavy (non-hydrogen) atoms. The highest BCUT2D eigenvalue weighted by molar-refractivity contribution is 8.00. The maximum absolute atomic E-state index is 7.65. The van der Waals surface area contributed by atoms with Gasteiger partial charge in [0.2, 0.25) is 11.2 Å². The zero-order chi connectivity index (χ0) is 30.1. The van der Waals surface area contributed by atoms with Crippen molar-refractivity contribution in [3.63, 3.8) is 0 Å². The molecule has 1 aromatic heterocycles. The van der Waals surface area contributed by atoms with Crippen molar-refractivity contribution in [1.82, 2.24) is 0 Å². The number of hydrogen-bond acceptors (Lipinski definition) is 1. The second-order valence-corrected chi connectivity index (χ2v) is 15.8. The standard InChI is InChI=1S/C39H43N2S/c1-23(2)17-25-12-14-28-30(18-25)24(3)34-36-35-29(15-16-41(36)10)31-19-26(21-39(7,8)40-9)11-13-27(31)20-33(35)42-37(34)32(28)22-38(4,5)6/h11-16,18-20,23H,17,21-22H2,1-8,10H3/q+1. The predicted octanol–water partition coefficient (Wildman–Crippen LogP) is 10.4. The first-order valence-corrected chi connectivity index (χ1v) is 16.1. The molecule has 0 bridgehead atoms. The molecule has 1 aliphatic rings. The Morgan fingerprint density at radius 2 is 1.57 bits per heavy atom. The number of fused-ring (bicyclic) bond motifs is 5. The van der Waals surface area contributed by atoms with Crippen molar-refractivity contribution < 1.29 is 4.57 Å². The highest BCUT2D eigenvalue weighted by atomic mass is 32.2. The van der Waals surface area contributed by atoms with Gasteiger partial charge in [-0.05, 0) is 81.0 Å². The van der Waals surface area contributed by atoms with E-state index in [1.807, 2.05) is 25.6 Å². The molecule has 0 fully saturated rings. The Kier molecular flexibility index (Phi) is 6.94. The van der Waals surface area contributed by atoms with Crippen molar-refractivity contribution in [2.45, 2.75) is 90.0 Å². The molecule has 0 saturated heterocycles. The summed E-state index contributed by atoms with van der Waals surface area (Å²) in [5.41, 5.74) is 8.01. The first-order valence-electron chi connectivity index (χ1n) is 15.3. The van der Waals surface area contributed by atoms with Crippen LogP contribution in [-0.2, 0) is 26.3 Å². The molecule has 5 aromatic rings. The lowest BCUT2D eigenvalue weighted by Crippen LogP contribution is -2.32. The van der Waals surface area contributed by atoms with Gasteiger partial charge in [0.1, 0.15) is 7.05 Å². The van der Waals surface area contributed by atoms with Gasteiger partial charge in [-0.15, -0.1) is 0 Å². The summed E-state index contributed by atoms with van der Waals surface area (Å²) in [4.78, 5) is 6.65. The zero-order valence-electron chi connectivity index (χ0n) is 26.7. The van der Waals surface area contributed by atoms with E-state index in [0.717, 1.165) is 19.3 Å². The van der Waals surface area contributed by atoms with Gasteiger partial charge >= 0.3 is 0 Å². The van der Waals surface area contributed by atoms with Gasteiger partial charge in [-0.3, -0.25) is 0 Å². The molecule has 0 unspecified atom stereocenters. The number of aromatic nitrogens is 1. The summed E-state index contributed by atoms with van der Waals surface area (Å²) in [6.07, 6.45) is 5.13. The minimum absolute atomic E-state index is 0.167. The number of rotatable bonds is 5. The van der Waals surface area contributed by atoms with Crippen LogP contribution in [0.2, 0.25) is 0 Å². The third-order valence-corrected chi connectivity index (χ3v) is 9.89. The van der Waals surface area contributed by atoms with E-state index in [4.69, 9.17) is 6.57 Å². The normalized spacial score (nSPS) is 13.3. The van der Waals surface area contributed by atoms with Gasteiger partial charge in [0.15, 0.2) is 6.20 Å². The minimum atomic E-state index is -0.405. The van der Waals surface area contributed by atoms with E-state index in [0.29, 0.717) is 5.92 Å². The van der Waals surface area contributed by atoms with Gasteiger partial charge in [0, 0.05) is 35.1 Å². The average molecular weight is 572 g/mol. The molecule has 0 radical (unpaired) electrons. The van der Waals surface area contributed by atoms with Crippen LogP contribution in [0.15, 0.2) is 64.5 Å². The highest BCUT2D eigenvalue weighted by Crippen LogP contribution is 2.53. The lowest BCUT2D eigenvalue weighted by Gasteiger charge is -2.28. The molecule has 1 aliphatic heterocycles. The van der Waals surface area contributed by atoms with Crippen LogP contribution in [0.25, 0.3) is 48.4 Å². The van der Waals surface area contributed by atoms with E-state index in [1.54, 1.807) is 0 Å². The fourth-order valence-corrected chi connectivity index (χ4v) is 8.26. The predicted molar refractivity (Wildman–Crippen MR) is 181 cm³/mol. The average Bonchev–Trinajstić information content (AvgIpc) is 2.91. The van der Waals surface area contributed by atoms with E-state index in [2.05, 4.69) is 113 Å². The number of hydrogen-bond donors (Lipinski definition) is 0. The molecule has 2 heterocycles. The monoisotopic (exact) mass is 571 g/mol. The van der Waals surface area contributed by atoms with E-state index in [9.17, 15) is 0 Å². The summed E-state index contributed by atoms with van der Waals surface area (Å²) in [7, 11) is 2.21. The summed E-state index contributed by atoms with van der Waals surface area (Å²) >= 11 is 1.97. The van der Waals surface area contributed by atoms with Crippen LogP contribution in [0.4, 0.5) is 0 Å². The van der Waals surface area contributed by atoms with Crippen LogP contribution < -0.4 is 4.57 Å². The van der Waals surface area contributed by atoms with Crippen molar-refractivity contribution >= 4 is 44.1 Å². The largest absolute Gasteiger partial charge is 0.311 e. The molecule has 2 nitrogen and oxygen atoms in total. The summed E-state index contributed by atoms with van der Waals surface area (Å²) in [5, 5.41) is 8.02. The van der Waals surface area contributed by atoms with Crippen molar-refractivity contribution in [2.75, 3.05) is 0 Å². The van der Waals surface area contributed by atoms with Crippen molar-refractivity contribution in [3.05, 3.63) is 88.4 Å². The Bertz CT molecular complexity index is 1950. The second kappa shape index (κ2) is 10.1. The topological polar surface area (TPSA) is 8.24 Å². The summed E-state index contributed by atoms with van der Waals surface area (Å²) in [5.74, 6) is 0.627. The van der Waals surface area contributed by atoms with Crippen LogP contribution in [0.3, 0.4) is 0 Å². The molecule has 4 aromatic carbocycles. The first-order chi connectivity index (χ1) is 19.8. The molecule has 0 spiro atoms. The Labute approximate surface area is 256 Å². The minimum Gasteiger partial charge on any atom is -0.311 e. The maximum Gasteiger partial charge on any atom is 0.231 e. The Morgan fingerprint density at radius 1 is 0.857 bits per heavy atom. The van der Waals surface area contributed by atoms with Gasteiger partial charge in [0.05, 0.1) is 17.4 Å². The second-order valence-electron chi connectivity index (χ2n) is 14.7. The molecule has 214 valence electrons. The van der Waals surface area contributed by atoms with Gasteiger partial charge in [0.25, 0.3) is 0 Å². The number of benzene rings is 4. The van der Waals surface area contributed by atoms with Crippen molar-refractivity contribution in [3.8, 4) is 11.3 Å². The third-order valence-electron chi connectivity index (χ3n) is 8.69. The first kappa shape index (κ1) is 28.8. The quantitative estimate of drug-likeness (QED) is 0.114. The molecule has 0 saturated carbocycles. The van der Waals surface area contributed by atoms with Crippen LogP contribution in [0.5, 0.6) is 0 Å². The molecular weight excluding hydrogens is 529 g/mol. The van der Waals surface area contributed by atoms with Gasteiger partial charge < -0.3 is 4.85 Å². The van der Waals surface area contributed by atoms with Gasteiger partial charge in [-0.25, -0.2) is 11.1 Å². The smallest absolute Gasteiger partial charge is 0.231 e. The molecule has 0 aliphatic carbocycles. The third kappa shape index (κ3) is 4.99. The van der Waals surface area contributed by atoms with E-state index in [-0.39, 0.29) is 5.41 Å². The Hall–Kier alpha value is -3.35. The fourth-order valence-electron chi connectivity index (χ4n) is 6.88. The highest BCUT2D eigenvalue weighted by Gasteiger charge is 2.33. The molecule has 0 atom stereocenters. The Balaban J connectivity index is 1.69. The summed E-state index contributed by atoms with van der Waals surface area (Å²) in [6, 6.07) is 18.8. The SMILES string of the molecule is [C-]#[N+]C(C)(C)Cc1ccc2cc3c4c([n+](C)ccc4c2c1)-c1c(c(CC(C)(C)C)c2ccc(CC(C)C)cc2c1C)S3. The van der Waals surface area contributed by atoms with Crippen LogP contribution in [0, 0.1) is 24.8 Å². The van der Waals surface area contributed by atoms with Gasteiger partial charge in [-0.1, -0.05) is 82.8 Å². The van der Waals surface area contributed by atoms with Crippen LogP contribution in [-0.4, -0.2) is 5.54 Å². The van der Waals surface area contributed by atoms with Crippen molar-refractivity contribution in [2.24, 2.45) is 18.4 Å². The fraction of sp³-hybridized carbons (Fsp3) is 0.385. The molecule has 0 amide bonds. The van der Waals surface area contributed by atoms with E-state index in [1.165, 1.54) is 75.6 Å². The number of nitrogens with zero attached hydrogens (tertiary/aromatic N) is 2. The molecule has 3 heteroatoms. The van der Waals surface area contributed by atoms with Crippen LogP contribution >= 0.6 is 11.8 Å². The molecular formula is C39H43N2S+.